The standard InChI is InChI=1S/C42H51F3N6O6S/c1-8-50-31-14-13-25-17-27(31)28(35(50)26-11-9-15-46-33(26)24(4)55-7)18-41(5,6)20-57-40(54)29-12-10-16-51(49-29)39(53)34(48-37(52)32-22(2)23(32)3)36(56-21-42(43,44)45)38-47-30(25)19-58-38/h9,11,13-15,17,19,22-24,29,32,34,36,49H,8,10,12,16,18,20-21H2,1-7H3,(H,48,52)/t22-,23+,24-,29-,32?,34-,36-/m0/s1. The Morgan fingerprint density at radius 2 is 1.95 bits per heavy atom. The van der Waals surface area contributed by atoms with Crippen LogP contribution in [0.1, 0.15) is 82.9 Å². The monoisotopic (exact) mass is 824 g/mol. The summed E-state index contributed by atoms with van der Waals surface area (Å²) in [6.07, 6.45) is -3.65. The van der Waals surface area contributed by atoms with E-state index < -0.39 is 60.1 Å². The molecule has 6 bridgehead atoms. The van der Waals surface area contributed by atoms with Gasteiger partial charge in [0.2, 0.25) is 5.91 Å². The highest BCUT2D eigenvalue weighted by Crippen LogP contribution is 2.46. The first kappa shape index (κ1) is 41.8. The van der Waals surface area contributed by atoms with E-state index in [2.05, 4.69) is 22.2 Å². The van der Waals surface area contributed by atoms with Gasteiger partial charge in [-0.25, -0.2) is 10.4 Å². The fourth-order valence-corrected chi connectivity index (χ4v) is 9.24. The molecule has 2 fully saturated rings. The van der Waals surface area contributed by atoms with Crippen LogP contribution < -0.4 is 10.7 Å². The normalized spacial score (nSPS) is 25.6. The maximum absolute atomic E-state index is 14.5. The van der Waals surface area contributed by atoms with E-state index in [0.29, 0.717) is 37.1 Å². The van der Waals surface area contributed by atoms with Crippen LogP contribution in [0.15, 0.2) is 41.9 Å². The van der Waals surface area contributed by atoms with Crippen molar-refractivity contribution in [1.82, 2.24) is 30.3 Å². The number of amides is 2. The third-order valence-corrected chi connectivity index (χ3v) is 12.7. The zero-order valence-electron chi connectivity index (χ0n) is 33.8. The van der Waals surface area contributed by atoms with Crippen molar-refractivity contribution in [2.45, 2.75) is 97.8 Å². The van der Waals surface area contributed by atoms with Crippen LogP contribution in [0, 0.1) is 23.2 Å². The van der Waals surface area contributed by atoms with Gasteiger partial charge in [0, 0.05) is 65.1 Å². The molecule has 1 aliphatic carbocycles. The molecule has 1 saturated heterocycles. The number of carbonyl (C=O) groups excluding carboxylic acids is 3. The minimum Gasteiger partial charge on any atom is -0.464 e. The summed E-state index contributed by atoms with van der Waals surface area (Å²) in [4.78, 5) is 51.4. The Morgan fingerprint density at radius 1 is 1.19 bits per heavy atom. The third-order valence-electron chi connectivity index (χ3n) is 11.8. The van der Waals surface area contributed by atoms with E-state index in [0.717, 1.165) is 44.8 Å². The first-order chi connectivity index (χ1) is 27.5. The van der Waals surface area contributed by atoms with Gasteiger partial charge in [0.25, 0.3) is 5.91 Å². The number of alkyl halides is 3. The molecule has 3 aromatic heterocycles. The predicted octanol–water partition coefficient (Wildman–Crippen LogP) is 7.18. The van der Waals surface area contributed by atoms with Crippen LogP contribution in [0.5, 0.6) is 0 Å². The molecular formula is C42H51F3N6O6S. The topological polar surface area (TPSA) is 137 Å². The number of carbonyl (C=O) groups is 3. The smallest absolute Gasteiger partial charge is 0.411 e. The van der Waals surface area contributed by atoms with Gasteiger partial charge in [-0.3, -0.25) is 24.4 Å². The molecule has 0 radical (unpaired) electrons. The first-order valence-corrected chi connectivity index (χ1v) is 20.7. The van der Waals surface area contributed by atoms with Gasteiger partial charge >= 0.3 is 12.1 Å². The average molecular weight is 825 g/mol. The molecule has 2 N–H and O–H groups in total. The summed E-state index contributed by atoms with van der Waals surface area (Å²) in [6, 6.07) is 7.36. The first-order valence-electron chi connectivity index (χ1n) is 19.8. The molecular weight excluding hydrogens is 774 g/mol. The second-order valence-corrected chi connectivity index (χ2v) is 17.4. The minimum atomic E-state index is -4.74. The molecule has 4 aromatic rings. The van der Waals surface area contributed by atoms with Crippen molar-refractivity contribution in [3.05, 3.63) is 58.2 Å². The lowest BCUT2D eigenvalue weighted by Gasteiger charge is -2.37. The number of rotatable bonds is 8. The largest absolute Gasteiger partial charge is 0.464 e. The summed E-state index contributed by atoms with van der Waals surface area (Å²) in [5.41, 5.74) is 8.15. The highest BCUT2D eigenvalue weighted by Gasteiger charge is 2.50. The molecule has 2 aliphatic heterocycles. The van der Waals surface area contributed by atoms with E-state index >= 15 is 0 Å². The van der Waals surface area contributed by atoms with Gasteiger partial charge in [-0.2, -0.15) is 13.2 Å². The van der Waals surface area contributed by atoms with Gasteiger partial charge in [-0.05, 0) is 74.8 Å². The summed E-state index contributed by atoms with van der Waals surface area (Å²) in [6.45, 7) is 11.1. The number of halogens is 3. The van der Waals surface area contributed by atoms with Gasteiger partial charge < -0.3 is 24.1 Å². The average Bonchev–Trinajstić information content (AvgIpc) is 3.48. The lowest BCUT2D eigenvalue weighted by atomic mass is 9.84. The molecule has 58 heavy (non-hydrogen) atoms. The molecule has 1 aromatic carbocycles. The van der Waals surface area contributed by atoms with Gasteiger partial charge in [0.15, 0.2) is 0 Å². The molecule has 16 heteroatoms. The zero-order chi connectivity index (χ0) is 41.7. The van der Waals surface area contributed by atoms with Crippen molar-refractivity contribution in [3.63, 3.8) is 0 Å². The Hall–Kier alpha value is -4.38. The number of aromatic nitrogens is 3. The van der Waals surface area contributed by atoms with Crippen LogP contribution in [0.3, 0.4) is 0 Å². The van der Waals surface area contributed by atoms with E-state index in [9.17, 15) is 27.6 Å². The van der Waals surface area contributed by atoms with Crippen LogP contribution in [-0.2, 0) is 41.6 Å². The van der Waals surface area contributed by atoms with E-state index in [1.54, 1.807) is 18.7 Å². The fourth-order valence-electron chi connectivity index (χ4n) is 8.33. The van der Waals surface area contributed by atoms with Crippen molar-refractivity contribution in [3.8, 4) is 22.5 Å². The van der Waals surface area contributed by atoms with Crippen LogP contribution in [0.4, 0.5) is 13.2 Å². The number of pyridine rings is 1. The van der Waals surface area contributed by atoms with Crippen LogP contribution in [0.25, 0.3) is 33.4 Å². The zero-order valence-corrected chi connectivity index (χ0v) is 34.6. The number of thiazole rings is 1. The van der Waals surface area contributed by atoms with E-state index in [4.69, 9.17) is 24.2 Å². The number of nitrogens with one attached hydrogen (secondary N) is 2. The van der Waals surface area contributed by atoms with E-state index in [1.165, 1.54) is 5.01 Å². The molecule has 1 unspecified atom stereocenters. The number of hydrazine groups is 1. The molecule has 7 rings (SSSR count). The number of hydrogen-bond acceptors (Lipinski definition) is 10. The number of ether oxygens (including phenoxy) is 3. The number of aryl methyl sites for hydroxylation is 1. The number of cyclic esters (lactones) is 1. The Morgan fingerprint density at radius 3 is 2.64 bits per heavy atom. The Kier molecular flexibility index (Phi) is 11.8. The summed E-state index contributed by atoms with van der Waals surface area (Å²) < 4.78 is 61.1. The molecule has 12 nitrogen and oxygen atoms in total. The molecule has 2 amide bonds. The maximum Gasteiger partial charge on any atom is 0.411 e. The number of hydrogen-bond donors (Lipinski definition) is 2. The van der Waals surface area contributed by atoms with Crippen LogP contribution in [-0.4, -0.2) is 82.5 Å². The Bertz CT molecular complexity index is 2180. The summed E-state index contributed by atoms with van der Waals surface area (Å²) in [5, 5.41) is 6.69. The van der Waals surface area contributed by atoms with Crippen molar-refractivity contribution in [1.29, 1.82) is 0 Å². The van der Waals surface area contributed by atoms with Gasteiger partial charge in [0.1, 0.15) is 29.8 Å². The van der Waals surface area contributed by atoms with Crippen molar-refractivity contribution >= 4 is 40.0 Å². The maximum atomic E-state index is 14.5. The Labute approximate surface area is 339 Å². The van der Waals surface area contributed by atoms with Crippen LogP contribution in [0.2, 0.25) is 0 Å². The molecule has 5 heterocycles. The lowest BCUT2D eigenvalue weighted by Crippen LogP contribution is -2.61. The Balaban J connectivity index is 1.41. The third kappa shape index (κ3) is 8.38. The van der Waals surface area contributed by atoms with Crippen molar-refractivity contribution < 1.29 is 41.8 Å². The molecule has 0 spiro atoms. The SMILES string of the molecule is CCn1c(-c2cccnc2[C@H](C)OC)c2c3cc(ccc31)-c1csc(n1)[C@@H](OCC(F)(F)F)[C@H](NC(=O)C1[C@@H](C)[C@H]1C)C(=O)N1CCC[C@H](N1)C(=O)OCC(C)(C)C2. The van der Waals surface area contributed by atoms with E-state index in [1.807, 2.05) is 65.0 Å². The van der Waals surface area contributed by atoms with E-state index in [-0.39, 0.29) is 36.1 Å². The molecule has 312 valence electrons. The van der Waals surface area contributed by atoms with Gasteiger partial charge in [-0.1, -0.05) is 33.8 Å². The second-order valence-electron chi connectivity index (χ2n) is 16.5. The predicted molar refractivity (Wildman–Crippen MR) is 212 cm³/mol. The minimum absolute atomic E-state index is 0.0304. The number of esters is 1. The quantitative estimate of drug-likeness (QED) is 0.177. The molecule has 7 atom stereocenters. The highest BCUT2D eigenvalue weighted by molar-refractivity contribution is 7.10. The number of methoxy groups -OCH3 is 1. The number of nitrogens with zero attached hydrogens (tertiary/aromatic N) is 4. The van der Waals surface area contributed by atoms with Crippen molar-refractivity contribution in [2.24, 2.45) is 23.2 Å². The molecule has 3 aliphatic rings. The van der Waals surface area contributed by atoms with Crippen LogP contribution >= 0.6 is 11.3 Å². The summed E-state index contributed by atoms with van der Waals surface area (Å²) in [5.74, 6) is -2.12. The molecule has 1 saturated carbocycles. The summed E-state index contributed by atoms with van der Waals surface area (Å²) >= 11 is 1.05. The van der Waals surface area contributed by atoms with Crippen molar-refractivity contribution in [2.75, 3.05) is 26.9 Å². The summed E-state index contributed by atoms with van der Waals surface area (Å²) in [7, 11) is 1.64. The fraction of sp³-hybridized carbons (Fsp3) is 0.548. The number of benzene rings is 1. The lowest BCUT2D eigenvalue weighted by molar-refractivity contribution is -0.192. The number of fused-ring (bicyclic) bond motifs is 6. The highest BCUT2D eigenvalue weighted by atomic mass is 32.1. The van der Waals surface area contributed by atoms with Gasteiger partial charge in [0.05, 0.1) is 29.8 Å². The van der Waals surface area contributed by atoms with Gasteiger partial charge in [-0.15, -0.1) is 11.3 Å². The second kappa shape index (κ2) is 16.3.